The molecule has 0 aromatic rings. The molecule has 0 spiro atoms. The maximum Gasteiger partial charge on any atom is 0.230 e. The lowest BCUT2D eigenvalue weighted by molar-refractivity contribution is -0.137. The van der Waals surface area contributed by atoms with Crippen LogP contribution in [0.1, 0.15) is 52.9 Å². The summed E-state index contributed by atoms with van der Waals surface area (Å²) in [7, 11) is 0. The SMILES string of the molecule is CC(=O)CC(=O)N(CC(C)C)C1CCCC1. The normalized spacial score (nSPS) is 16.8. The first-order valence-electron chi connectivity index (χ1n) is 6.29. The fraction of sp³-hybridized carbons (Fsp3) is 0.846. The summed E-state index contributed by atoms with van der Waals surface area (Å²) in [6, 6.07) is 0.384. The summed E-state index contributed by atoms with van der Waals surface area (Å²) in [4.78, 5) is 24.9. The van der Waals surface area contributed by atoms with Crippen LogP contribution in [0.25, 0.3) is 0 Å². The molecule has 1 aliphatic rings. The van der Waals surface area contributed by atoms with Crippen molar-refractivity contribution in [3.63, 3.8) is 0 Å². The van der Waals surface area contributed by atoms with E-state index in [-0.39, 0.29) is 18.1 Å². The summed E-state index contributed by atoms with van der Waals surface area (Å²) < 4.78 is 0. The van der Waals surface area contributed by atoms with Crippen molar-refractivity contribution >= 4 is 11.7 Å². The van der Waals surface area contributed by atoms with Crippen molar-refractivity contribution in [1.29, 1.82) is 0 Å². The Morgan fingerprint density at radius 1 is 1.25 bits per heavy atom. The first kappa shape index (κ1) is 13.2. The predicted octanol–water partition coefficient (Wildman–Crippen LogP) is 2.39. The van der Waals surface area contributed by atoms with E-state index in [0.29, 0.717) is 12.0 Å². The van der Waals surface area contributed by atoms with E-state index in [4.69, 9.17) is 0 Å². The van der Waals surface area contributed by atoms with Gasteiger partial charge in [-0.3, -0.25) is 9.59 Å². The van der Waals surface area contributed by atoms with Crippen molar-refractivity contribution in [1.82, 2.24) is 4.90 Å². The van der Waals surface area contributed by atoms with E-state index in [1.54, 1.807) is 0 Å². The lowest BCUT2D eigenvalue weighted by atomic mass is 10.1. The Morgan fingerprint density at radius 3 is 2.25 bits per heavy atom. The van der Waals surface area contributed by atoms with E-state index < -0.39 is 0 Å². The molecule has 0 aliphatic heterocycles. The molecule has 0 bridgehead atoms. The summed E-state index contributed by atoms with van der Waals surface area (Å²) in [5, 5.41) is 0. The van der Waals surface area contributed by atoms with E-state index in [1.807, 2.05) is 4.90 Å². The quantitative estimate of drug-likeness (QED) is 0.674. The molecule has 1 aliphatic carbocycles. The summed E-state index contributed by atoms with van der Waals surface area (Å²) in [6.45, 7) is 6.50. The average Bonchev–Trinajstić information content (AvgIpc) is 2.64. The molecule has 0 atom stereocenters. The number of ketones is 1. The highest BCUT2D eigenvalue weighted by molar-refractivity contribution is 5.96. The average molecular weight is 225 g/mol. The Morgan fingerprint density at radius 2 is 1.81 bits per heavy atom. The van der Waals surface area contributed by atoms with E-state index in [9.17, 15) is 9.59 Å². The van der Waals surface area contributed by atoms with Gasteiger partial charge in [-0.25, -0.2) is 0 Å². The van der Waals surface area contributed by atoms with Gasteiger partial charge < -0.3 is 4.90 Å². The third-order valence-corrected chi connectivity index (χ3v) is 3.05. The number of hydrogen-bond donors (Lipinski definition) is 0. The van der Waals surface area contributed by atoms with Crippen LogP contribution in [0.2, 0.25) is 0 Å². The van der Waals surface area contributed by atoms with Crippen LogP contribution in [0.4, 0.5) is 0 Å². The van der Waals surface area contributed by atoms with Crippen molar-refractivity contribution in [2.45, 2.75) is 58.9 Å². The van der Waals surface area contributed by atoms with Gasteiger partial charge in [0.05, 0.1) is 6.42 Å². The highest BCUT2D eigenvalue weighted by atomic mass is 16.2. The highest BCUT2D eigenvalue weighted by Crippen LogP contribution is 2.24. The molecule has 3 nitrogen and oxygen atoms in total. The minimum Gasteiger partial charge on any atom is -0.339 e. The van der Waals surface area contributed by atoms with Gasteiger partial charge >= 0.3 is 0 Å². The largest absolute Gasteiger partial charge is 0.339 e. The molecule has 3 heteroatoms. The maximum absolute atomic E-state index is 12.0. The summed E-state index contributed by atoms with van der Waals surface area (Å²) in [6.07, 6.45) is 4.72. The van der Waals surface area contributed by atoms with Crippen molar-refractivity contribution in [3.8, 4) is 0 Å². The molecule has 0 N–H and O–H groups in total. The number of hydrogen-bond acceptors (Lipinski definition) is 2. The number of amides is 1. The van der Waals surface area contributed by atoms with E-state index in [2.05, 4.69) is 13.8 Å². The molecule has 0 saturated heterocycles. The predicted molar refractivity (Wildman–Crippen MR) is 64.1 cm³/mol. The number of Topliss-reactive ketones (excluding diaryl/α,β-unsaturated/α-hetero) is 1. The second kappa shape index (κ2) is 6.02. The van der Waals surface area contributed by atoms with Crippen LogP contribution < -0.4 is 0 Å². The number of carbonyl (C=O) groups excluding carboxylic acids is 2. The molecule has 1 rings (SSSR count). The minimum atomic E-state index is -0.0308. The Labute approximate surface area is 98.2 Å². The lowest BCUT2D eigenvalue weighted by Gasteiger charge is -2.30. The van der Waals surface area contributed by atoms with E-state index in [0.717, 1.165) is 19.4 Å². The number of nitrogens with zero attached hydrogens (tertiary/aromatic N) is 1. The molecule has 1 fully saturated rings. The van der Waals surface area contributed by atoms with Crippen molar-refractivity contribution in [2.24, 2.45) is 5.92 Å². The fourth-order valence-corrected chi connectivity index (χ4v) is 2.38. The van der Waals surface area contributed by atoms with Crippen LogP contribution in [0.5, 0.6) is 0 Å². The van der Waals surface area contributed by atoms with Crippen molar-refractivity contribution < 1.29 is 9.59 Å². The van der Waals surface area contributed by atoms with Gasteiger partial charge in [-0.15, -0.1) is 0 Å². The smallest absolute Gasteiger partial charge is 0.230 e. The summed E-state index contributed by atoms with van der Waals surface area (Å²) in [5.74, 6) is 0.460. The Bertz CT molecular complexity index is 255. The van der Waals surface area contributed by atoms with Gasteiger partial charge in [0.25, 0.3) is 0 Å². The standard InChI is InChI=1S/C13H23NO2/c1-10(2)9-14(12-6-4-5-7-12)13(16)8-11(3)15/h10,12H,4-9H2,1-3H3. The second-order valence-corrected chi connectivity index (χ2v) is 5.26. The van der Waals surface area contributed by atoms with E-state index >= 15 is 0 Å². The van der Waals surface area contributed by atoms with Gasteiger partial charge in [-0.05, 0) is 25.7 Å². The Balaban J connectivity index is 2.61. The van der Waals surface area contributed by atoms with Crippen molar-refractivity contribution in [3.05, 3.63) is 0 Å². The summed E-state index contributed by atoms with van der Waals surface area (Å²) >= 11 is 0. The van der Waals surface area contributed by atoms with Crippen LogP contribution in [-0.2, 0) is 9.59 Å². The molecular formula is C13H23NO2. The molecule has 1 amide bonds. The Hall–Kier alpha value is -0.860. The monoisotopic (exact) mass is 225 g/mol. The van der Waals surface area contributed by atoms with Gasteiger partial charge in [0.2, 0.25) is 5.91 Å². The molecule has 0 aromatic heterocycles. The zero-order chi connectivity index (χ0) is 12.1. The zero-order valence-corrected chi connectivity index (χ0v) is 10.7. The third-order valence-electron chi connectivity index (χ3n) is 3.05. The molecule has 0 aromatic carbocycles. The van der Waals surface area contributed by atoms with E-state index in [1.165, 1.54) is 19.8 Å². The first-order valence-corrected chi connectivity index (χ1v) is 6.29. The zero-order valence-electron chi connectivity index (χ0n) is 10.7. The maximum atomic E-state index is 12.0. The molecule has 16 heavy (non-hydrogen) atoms. The number of carbonyl (C=O) groups is 2. The molecule has 0 heterocycles. The third kappa shape index (κ3) is 3.95. The molecule has 92 valence electrons. The van der Waals surface area contributed by atoms with Crippen LogP contribution in [0.3, 0.4) is 0 Å². The number of rotatable bonds is 5. The summed E-state index contributed by atoms with van der Waals surface area (Å²) in [5.41, 5.74) is 0. The molecule has 0 unspecified atom stereocenters. The van der Waals surface area contributed by atoms with Crippen LogP contribution in [-0.4, -0.2) is 29.2 Å². The Kier molecular flexibility index (Phi) is 4.97. The fourth-order valence-electron chi connectivity index (χ4n) is 2.38. The topological polar surface area (TPSA) is 37.4 Å². The highest BCUT2D eigenvalue weighted by Gasteiger charge is 2.27. The van der Waals surface area contributed by atoms with Crippen LogP contribution >= 0.6 is 0 Å². The minimum absolute atomic E-state index is 0.0214. The van der Waals surface area contributed by atoms with Gasteiger partial charge in [0, 0.05) is 12.6 Å². The van der Waals surface area contributed by atoms with Gasteiger partial charge in [-0.1, -0.05) is 26.7 Å². The second-order valence-electron chi connectivity index (χ2n) is 5.26. The molecular weight excluding hydrogens is 202 g/mol. The molecule has 0 radical (unpaired) electrons. The van der Waals surface area contributed by atoms with Crippen molar-refractivity contribution in [2.75, 3.05) is 6.54 Å². The van der Waals surface area contributed by atoms with Gasteiger partial charge in [0.1, 0.15) is 5.78 Å². The van der Waals surface area contributed by atoms with Crippen LogP contribution in [0, 0.1) is 5.92 Å². The lowest BCUT2D eigenvalue weighted by Crippen LogP contribution is -2.41. The first-order chi connectivity index (χ1) is 7.50. The van der Waals surface area contributed by atoms with Gasteiger partial charge in [0.15, 0.2) is 0 Å². The molecule has 1 saturated carbocycles. The van der Waals surface area contributed by atoms with Crippen LogP contribution in [0.15, 0.2) is 0 Å². The van der Waals surface area contributed by atoms with Gasteiger partial charge in [-0.2, -0.15) is 0 Å².